The van der Waals surface area contributed by atoms with Crippen LogP contribution in [-0.2, 0) is 23.0 Å². The van der Waals surface area contributed by atoms with Crippen LogP contribution in [-0.4, -0.2) is 50.2 Å². The molecule has 0 spiro atoms. The summed E-state index contributed by atoms with van der Waals surface area (Å²) in [7, 11) is 0.0782. The van der Waals surface area contributed by atoms with Crippen LogP contribution in [0.25, 0.3) is 0 Å². The molecule has 1 N–H and O–H groups in total. The number of carbonyl (C=O) groups excluding carboxylic acids is 1. The van der Waals surface area contributed by atoms with Crippen molar-refractivity contribution < 1.29 is 13.2 Å². The topological polar surface area (TPSA) is 93.5 Å². The largest absolute Gasteiger partial charge is 0.312 e. The van der Waals surface area contributed by atoms with Gasteiger partial charge in [-0.15, -0.1) is 11.3 Å². The molecule has 9 heteroatoms. The molecule has 1 fully saturated rings. The van der Waals surface area contributed by atoms with Crippen molar-refractivity contribution in [3.05, 3.63) is 45.8 Å². The number of fused-ring (bicyclic) bond motifs is 1. The van der Waals surface area contributed by atoms with E-state index in [4.69, 9.17) is 0 Å². The number of anilines is 1. The average molecular weight is 473 g/mol. The van der Waals surface area contributed by atoms with Gasteiger partial charge in [-0.2, -0.15) is 9.57 Å². The van der Waals surface area contributed by atoms with Gasteiger partial charge < -0.3 is 10.2 Å². The fraction of sp³-hybridized carbons (Fsp3) is 0.478. The van der Waals surface area contributed by atoms with E-state index in [1.54, 1.807) is 7.05 Å². The zero-order valence-electron chi connectivity index (χ0n) is 18.4. The highest BCUT2D eigenvalue weighted by Gasteiger charge is 2.29. The smallest absolute Gasteiger partial charge is 0.256 e. The van der Waals surface area contributed by atoms with E-state index in [2.05, 4.69) is 16.3 Å². The number of benzene rings is 1. The Balaban J connectivity index is 1.50. The molecule has 4 rings (SSSR count). The number of sulfonamides is 1. The van der Waals surface area contributed by atoms with Crippen molar-refractivity contribution in [2.75, 3.05) is 26.0 Å². The van der Waals surface area contributed by atoms with Crippen LogP contribution in [0.2, 0.25) is 0 Å². The highest BCUT2D eigenvalue weighted by molar-refractivity contribution is 7.89. The Morgan fingerprint density at radius 2 is 1.91 bits per heavy atom. The summed E-state index contributed by atoms with van der Waals surface area (Å²) < 4.78 is 27.5. The lowest BCUT2D eigenvalue weighted by Crippen LogP contribution is -2.38. The normalized spacial score (nSPS) is 17.7. The molecule has 0 unspecified atom stereocenters. The molecule has 7 nitrogen and oxygen atoms in total. The Morgan fingerprint density at radius 1 is 1.22 bits per heavy atom. The first-order valence-corrected chi connectivity index (χ1v) is 13.2. The van der Waals surface area contributed by atoms with Crippen molar-refractivity contribution in [2.24, 2.45) is 0 Å². The van der Waals surface area contributed by atoms with Gasteiger partial charge >= 0.3 is 0 Å². The fourth-order valence-corrected chi connectivity index (χ4v) is 7.19. The molecule has 1 aromatic carbocycles. The molecule has 1 aliphatic carbocycles. The number of hydrogen-bond acceptors (Lipinski definition) is 6. The van der Waals surface area contributed by atoms with E-state index in [0.717, 1.165) is 62.1 Å². The number of nitriles is 1. The maximum absolute atomic E-state index is 13.0. The molecule has 2 aliphatic rings. The van der Waals surface area contributed by atoms with Crippen molar-refractivity contribution in [1.82, 2.24) is 9.21 Å². The van der Waals surface area contributed by atoms with Crippen LogP contribution in [0.15, 0.2) is 29.2 Å². The summed E-state index contributed by atoms with van der Waals surface area (Å²) in [4.78, 5) is 16.3. The number of carbonyl (C=O) groups is 1. The number of amides is 1. The van der Waals surface area contributed by atoms with Crippen molar-refractivity contribution in [2.45, 2.75) is 56.0 Å². The van der Waals surface area contributed by atoms with Gasteiger partial charge in [-0.1, -0.05) is 19.3 Å². The SMILES string of the molecule is CN1CCc2c(sc(NC(=O)c3ccc(S(=O)(=O)N(C)C4CCCCC4)cc3)c2C#N)C1. The first-order chi connectivity index (χ1) is 15.3. The van der Waals surface area contributed by atoms with Crippen LogP contribution >= 0.6 is 11.3 Å². The molecule has 1 saturated carbocycles. The monoisotopic (exact) mass is 472 g/mol. The van der Waals surface area contributed by atoms with Crippen LogP contribution in [0, 0.1) is 11.3 Å². The molecule has 2 heterocycles. The lowest BCUT2D eigenvalue weighted by Gasteiger charge is -2.30. The highest BCUT2D eigenvalue weighted by atomic mass is 32.2. The minimum atomic E-state index is -3.60. The Morgan fingerprint density at radius 3 is 2.56 bits per heavy atom. The second kappa shape index (κ2) is 9.32. The average Bonchev–Trinajstić information content (AvgIpc) is 3.14. The van der Waals surface area contributed by atoms with Crippen LogP contribution < -0.4 is 5.32 Å². The van der Waals surface area contributed by atoms with E-state index in [-0.39, 0.29) is 16.8 Å². The Labute approximate surface area is 193 Å². The van der Waals surface area contributed by atoms with Gasteiger partial charge in [-0.25, -0.2) is 8.42 Å². The predicted molar refractivity (Wildman–Crippen MR) is 125 cm³/mol. The van der Waals surface area contributed by atoms with Crippen LogP contribution in [0.3, 0.4) is 0 Å². The van der Waals surface area contributed by atoms with E-state index < -0.39 is 10.0 Å². The number of likely N-dealkylation sites (N-methyl/N-ethyl adjacent to an activating group) is 1. The van der Waals surface area contributed by atoms with Gasteiger partial charge in [0, 0.05) is 36.6 Å². The minimum absolute atomic E-state index is 0.0324. The molecule has 0 atom stereocenters. The second-order valence-electron chi connectivity index (χ2n) is 8.60. The summed E-state index contributed by atoms with van der Waals surface area (Å²) in [5.41, 5.74) is 1.93. The van der Waals surface area contributed by atoms with E-state index in [1.807, 2.05) is 7.05 Å². The van der Waals surface area contributed by atoms with Gasteiger partial charge in [-0.3, -0.25) is 4.79 Å². The van der Waals surface area contributed by atoms with Crippen molar-refractivity contribution in [3.8, 4) is 6.07 Å². The number of nitrogens with one attached hydrogen (secondary N) is 1. The van der Waals surface area contributed by atoms with Crippen LogP contribution in [0.4, 0.5) is 5.00 Å². The first-order valence-electron chi connectivity index (χ1n) is 10.9. The molecule has 0 bridgehead atoms. The summed E-state index contributed by atoms with van der Waals surface area (Å²) in [6.45, 7) is 1.66. The Kier molecular flexibility index (Phi) is 6.67. The third kappa shape index (κ3) is 4.46. The molecule has 1 aliphatic heterocycles. The van der Waals surface area contributed by atoms with Crippen molar-refractivity contribution in [1.29, 1.82) is 5.26 Å². The Hall–Kier alpha value is -2.25. The molecule has 1 aromatic heterocycles. The number of hydrogen-bond donors (Lipinski definition) is 1. The standard InChI is InChI=1S/C23H28N4O3S2/c1-26-13-12-19-20(14-24)23(31-21(19)15-26)25-22(28)16-8-10-18(11-9-16)32(29,30)27(2)17-6-4-3-5-7-17/h8-11,17H,3-7,12-13,15H2,1-2H3,(H,25,28). The van der Waals surface area contributed by atoms with Gasteiger partial charge in [0.15, 0.2) is 0 Å². The quantitative estimate of drug-likeness (QED) is 0.714. The maximum atomic E-state index is 13.0. The first kappa shape index (κ1) is 22.9. The van der Waals surface area contributed by atoms with E-state index in [9.17, 15) is 18.5 Å². The zero-order chi connectivity index (χ0) is 22.9. The molecular formula is C23H28N4O3S2. The van der Waals surface area contributed by atoms with Gasteiger partial charge in [0.25, 0.3) is 5.91 Å². The summed E-state index contributed by atoms with van der Waals surface area (Å²) in [5.74, 6) is -0.349. The maximum Gasteiger partial charge on any atom is 0.256 e. The molecule has 0 radical (unpaired) electrons. The van der Waals surface area contributed by atoms with E-state index in [0.29, 0.717) is 16.1 Å². The summed E-state index contributed by atoms with van der Waals surface area (Å²) >= 11 is 1.44. The summed E-state index contributed by atoms with van der Waals surface area (Å²) in [6.07, 6.45) is 5.83. The van der Waals surface area contributed by atoms with Crippen LogP contribution in [0.1, 0.15) is 58.5 Å². The van der Waals surface area contributed by atoms with Gasteiger partial charge in [0.05, 0.1) is 10.5 Å². The third-order valence-electron chi connectivity index (χ3n) is 6.47. The summed E-state index contributed by atoms with van der Waals surface area (Å²) in [6, 6.07) is 8.32. The number of thiophene rings is 1. The van der Waals surface area contributed by atoms with Crippen molar-refractivity contribution in [3.63, 3.8) is 0 Å². The van der Waals surface area contributed by atoms with Crippen molar-refractivity contribution >= 4 is 32.3 Å². The van der Waals surface area contributed by atoms with Gasteiger partial charge in [0.1, 0.15) is 11.1 Å². The zero-order valence-corrected chi connectivity index (χ0v) is 20.1. The third-order valence-corrected chi connectivity index (χ3v) is 9.53. The molecule has 2 aromatic rings. The molecular weight excluding hydrogens is 444 g/mol. The molecule has 32 heavy (non-hydrogen) atoms. The molecule has 170 valence electrons. The number of rotatable bonds is 5. The predicted octanol–water partition coefficient (Wildman–Crippen LogP) is 3.81. The lowest BCUT2D eigenvalue weighted by molar-refractivity contribution is 0.102. The molecule has 0 saturated heterocycles. The van der Waals surface area contributed by atoms with E-state index in [1.165, 1.54) is 39.9 Å². The Bertz CT molecular complexity index is 1140. The van der Waals surface area contributed by atoms with Gasteiger partial charge in [0.2, 0.25) is 10.0 Å². The summed E-state index contributed by atoms with van der Waals surface area (Å²) in [5, 5.41) is 13.0. The molecule has 1 amide bonds. The lowest BCUT2D eigenvalue weighted by atomic mass is 9.96. The van der Waals surface area contributed by atoms with Gasteiger partial charge in [-0.05, 0) is 56.1 Å². The second-order valence-corrected chi connectivity index (χ2v) is 11.7. The van der Waals surface area contributed by atoms with E-state index >= 15 is 0 Å². The highest BCUT2D eigenvalue weighted by Crippen LogP contribution is 2.36. The number of nitrogens with zero attached hydrogens (tertiary/aromatic N) is 3. The van der Waals surface area contributed by atoms with Crippen LogP contribution in [0.5, 0.6) is 0 Å². The fourth-order valence-electron chi connectivity index (χ4n) is 4.50. The minimum Gasteiger partial charge on any atom is -0.312 e.